The van der Waals surface area contributed by atoms with E-state index < -0.39 is 73.0 Å². The number of aliphatic hydroxyl groups excluding tert-OH is 1. The van der Waals surface area contributed by atoms with Crippen LogP contribution in [0, 0.1) is 5.92 Å². The average Bonchev–Trinajstić information content (AvgIpc) is 3.05. The van der Waals surface area contributed by atoms with Crippen molar-refractivity contribution in [1.82, 2.24) is 10.6 Å². The normalized spacial score (nSPS) is 13.9. The SMILES string of the molecule is C[C@H](CC(=O)[C@H](Cc1ccccc1)NC(=O)CCC(=O)c1ccc(-c2ccccc2)cc1)C(=O)NC(CCC(N)=O)C(O)C(F)(F)F. The Morgan fingerprint density at radius 1 is 0.787 bits per heavy atom. The Bertz CT molecular complexity index is 1520. The number of hydrogen-bond acceptors (Lipinski definition) is 6. The first-order valence-electron chi connectivity index (χ1n) is 15.1. The molecule has 2 unspecified atom stereocenters. The number of alkyl halides is 3. The third-order valence-electron chi connectivity index (χ3n) is 7.60. The van der Waals surface area contributed by atoms with Gasteiger partial charge < -0.3 is 21.5 Å². The Labute approximate surface area is 270 Å². The fraction of sp³-hybridized carbons (Fsp3) is 0.343. The van der Waals surface area contributed by atoms with Gasteiger partial charge in [0.15, 0.2) is 17.7 Å². The fourth-order valence-electron chi connectivity index (χ4n) is 4.91. The van der Waals surface area contributed by atoms with E-state index in [4.69, 9.17) is 5.73 Å². The van der Waals surface area contributed by atoms with E-state index in [2.05, 4.69) is 10.6 Å². The number of primary amides is 1. The van der Waals surface area contributed by atoms with Gasteiger partial charge in [-0.25, -0.2) is 0 Å². The van der Waals surface area contributed by atoms with Crippen LogP contribution < -0.4 is 16.4 Å². The number of benzene rings is 3. The number of carbonyl (C=O) groups excluding carboxylic acids is 5. The molecule has 4 atom stereocenters. The number of carbonyl (C=O) groups is 5. The van der Waals surface area contributed by atoms with Gasteiger partial charge in [0.2, 0.25) is 17.7 Å². The Morgan fingerprint density at radius 3 is 1.94 bits per heavy atom. The molecule has 250 valence electrons. The lowest BCUT2D eigenvalue weighted by Gasteiger charge is -2.27. The summed E-state index contributed by atoms with van der Waals surface area (Å²) in [6.45, 7) is 1.32. The molecule has 3 amide bonds. The van der Waals surface area contributed by atoms with Crippen molar-refractivity contribution in [2.45, 2.75) is 69.8 Å². The van der Waals surface area contributed by atoms with Gasteiger partial charge in [0.25, 0.3) is 0 Å². The molecule has 0 aromatic heterocycles. The highest BCUT2D eigenvalue weighted by Gasteiger charge is 2.44. The van der Waals surface area contributed by atoms with E-state index in [-0.39, 0.29) is 25.0 Å². The quantitative estimate of drug-likeness (QED) is 0.159. The number of rotatable bonds is 17. The third kappa shape index (κ3) is 11.8. The van der Waals surface area contributed by atoms with E-state index in [1.807, 2.05) is 42.5 Å². The maximum absolute atomic E-state index is 13.3. The van der Waals surface area contributed by atoms with E-state index in [0.29, 0.717) is 11.1 Å². The maximum Gasteiger partial charge on any atom is 0.416 e. The predicted octanol–water partition coefficient (Wildman–Crippen LogP) is 4.31. The fourth-order valence-corrected chi connectivity index (χ4v) is 4.91. The maximum atomic E-state index is 13.3. The molecule has 47 heavy (non-hydrogen) atoms. The second-order valence-corrected chi connectivity index (χ2v) is 11.4. The summed E-state index contributed by atoms with van der Waals surface area (Å²) in [4.78, 5) is 63.0. The number of nitrogens with one attached hydrogen (secondary N) is 2. The van der Waals surface area contributed by atoms with Crippen molar-refractivity contribution in [3.8, 4) is 11.1 Å². The first kappa shape index (κ1) is 36.6. The van der Waals surface area contributed by atoms with E-state index in [0.717, 1.165) is 11.1 Å². The van der Waals surface area contributed by atoms with Gasteiger partial charge >= 0.3 is 6.18 Å². The molecule has 0 heterocycles. The van der Waals surface area contributed by atoms with Crippen LogP contribution in [0.5, 0.6) is 0 Å². The number of Topliss-reactive ketones (excluding diaryl/α,β-unsaturated/α-hetero) is 2. The molecule has 0 spiro atoms. The molecular formula is C35H38F3N3O6. The topological polar surface area (TPSA) is 156 Å². The van der Waals surface area contributed by atoms with Crippen LogP contribution >= 0.6 is 0 Å². The summed E-state index contributed by atoms with van der Waals surface area (Å²) in [5.41, 5.74) is 8.09. The van der Waals surface area contributed by atoms with Crippen molar-refractivity contribution in [2.75, 3.05) is 0 Å². The second-order valence-electron chi connectivity index (χ2n) is 11.4. The Morgan fingerprint density at radius 2 is 1.36 bits per heavy atom. The number of hydrogen-bond donors (Lipinski definition) is 4. The van der Waals surface area contributed by atoms with Crippen molar-refractivity contribution < 1.29 is 42.3 Å². The number of halogens is 3. The minimum absolute atomic E-state index is 0.0721. The largest absolute Gasteiger partial charge is 0.416 e. The molecule has 0 aliphatic rings. The van der Waals surface area contributed by atoms with E-state index in [1.165, 1.54) is 6.92 Å². The van der Waals surface area contributed by atoms with Gasteiger partial charge in [-0.15, -0.1) is 0 Å². The molecule has 0 saturated carbocycles. The Hall–Kier alpha value is -4.84. The molecule has 0 radical (unpaired) electrons. The minimum atomic E-state index is -5.08. The lowest BCUT2D eigenvalue weighted by molar-refractivity contribution is -0.213. The van der Waals surface area contributed by atoms with Crippen LogP contribution in [0.4, 0.5) is 13.2 Å². The van der Waals surface area contributed by atoms with E-state index in [1.54, 1.807) is 42.5 Å². The Balaban J connectivity index is 1.63. The van der Waals surface area contributed by atoms with Gasteiger partial charge in [0.05, 0.1) is 12.1 Å². The molecule has 9 nitrogen and oxygen atoms in total. The molecule has 12 heteroatoms. The monoisotopic (exact) mass is 653 g/mol. The minimum Gasteiger partial charge on any atom is -0.382 e. The average molecular weight is 654 g/mol. The van der Waals surface area contributed by atoms with Crippen LogP contribution in [0.25, 0.3) is 11.1 Å². The van der Waals surface area contributed by atoms with Crippen LogP contribution in [-0.4, -0.2) is 58.8 Å². The zero-order chi connectivity index (χ0) is 34.6. The predicted molar refractivity (Wildman–Crippen MR) is 169 cm³/mol. The molecule has 3 rings (SSSR count). The molecule has 0 fully saturated rings. The summed E-state index contributed by atoms with van der Waals surface area (Å²) in [5.74, 6) is -4.39. The highest BCUT2D eigenvalue weighted by Crippen LogP contribution is 2.25. The second kappa shape index (κ2) is 17.2. The number of ketones is 2. The number of nitrogens with two attached hydrogens (primary N) is 1. The zero-order valence-electron chi connectivity index (χ0n) is 25.8. The summed E-state index contributed by atoms with van der Waals surface area (Å²) in [6, 6.07) is 22.4. The van der Waals surface area contributed by atoms with Crippen LogP contribution in [0.2, 0.25) is 0 Å². The van der Waals surface area contributed by atoms with Crippen LogP contribution in [0.15, 0.2) is 84.9 Å². The lowest BCUT2D eigenvalue weighted by Crippen LogP contribution is -2.52. The first-order valence-corrected chi connectivity index (χ1v) is 15.1. The van der Waals surface area contributed by atoms with Crippen molar-refractivity contribution in [2.24, 2.45) is 11.7 Å². The van der Waals surface area contributed by atoms with Gasteiger partial charge in [0, 0.05) is 37.2 Å². The van der Waals surface area contributed by atoms with Gasteiger partial charge in [-0.1, -0.05) is 91.9 Å². The number of amides is 3. The summed E-state index contributed by atoms with van der Waals surface area (Å²) in [5, 5.41) is 14.4. The van der Waals surface area contributed by atoms with E-state index in [9.17, 15) is 42.3 Å². The molecule has 0 bridgehead atoms. The van der Waals surface area contributed by atoms with Gasteiger partial charge in [0.1, 0.15) is 0 Å². The van der Waals surface area contributed by atoms with Crippen LogP contribution in [0.1, 0.15) is 54.9 Å². The van der Waals surface area contributed by atoms with Crippen molar-refractivity contribution >= 4 is 29.3 Å². The molecule has 0 saturated heterocycles. The van der Waals surface area contributed by atoms with Gasteiger partial charge in [-0.05, 0) is 29.5 Å². The number of aliphatic hydroxyl groups is 1. The standard InChI is InChI=1S/C35H38F3N3O6/c1-22(34(47)41-27(16-18-31(39)44)33(46)35(36,37)38)20-30(43)28(21-23-8-4-2-5-9-23)40-32(45)19-17-29(42)26-14-12-25(13-15-26)24-10-6-3-7-11-24/h2-15,22,27-28,33,46H,16-21H2,1H3,(H2,39,44)(H,40,45)(H,41,47)/t22-,27?,28+,33?/m1/s1. The molecule has 0 aliphatic heterocycles. The summed E-state index contributed by atoms with van der Waals surface area (Å²) in [6.07, 6.45) is -9.80. The summed E-state index contributed by atoms with van der Waals surface area (Å²) in [7, 11) is 0. The van der Waals surface area contributed by atoms with Gasteiger partial charge in [-0.2, -0.15) is 13.2 Å². The van der Waals surface area contributed by atoms with Crippen molar-refractivity contribution in [1.29, 1.82) is 0 Å². The highest BCUT2D eigenvalue weighted by molar-refractivity contribution is 5.99. The van der Waals surface area contributed by atoms with E-state index >= 15 is 0 Å². The third-order valence-corrected chi connectivity index (χ3v) is 7.60. The van der Waals surface area contributed by atoms with Crippen molar-refractivity contribution in [3.05, 3.63) is 96.1 Å². The highest BCUT2D eigenvalue weighted by atomic mass is 19.4. The van der Waals surface area contributed by atoms with Crippen LogP contribution in [-0.2, 0) is 25.6 Å². The lowest BCUT2D eigenvalue weighted by atomic mass is 9.94. The zero-order valence-corrected chi connectivity index (χ0v) is 25.8. The van der Waals surface area contributed by atoms with Gasteiger partial charge in [-0.3, -0.25) is 24.0 Å². The molecule has 3 aromatic rings. The first-order chi connectivity index (χ1) is 22.2. The smallest absolute Gasteiger partial charge is 0.382 e. The Kier molecular flexibility index (Phi) is 13.4. The van der Waals surface area contributed by atoms with Crippen molar-refractivity contribution in [3.63, 3.8) is 0 Å². The molecular weight excluding hydrogens is 615 g/mol. The summed E-state index contributed by atoms with van der Waals surface area (Å²) >= 11 is 0. The molecule has 0 aliphatic carbocycles. The van der Waals surface area contributed by atoms with Crippen LogP contribution in [0.3, 0.4) is 0 Å². The summed E-state index contributed by atoms with van der Waals surface area (Å²) < 4.78 is 39.5. The molecule has 5 N–H and O–H groups in total. The molecule has 3 aromatic carbocycles.